The summed E-state index contributed by atoms with van der Waals surface area (Å²) in [7, 11) is 0. The molecule has 0 aromatic heterocycles. The lowest BCUT2D eigenvalue weighted by Gasteiger charge is -2.25. The van der Waals surface area contributed by atoms with Crippen LogP contribution in [0.15, 0.2) is 67.3 Å². The second-order valence-electron chi connectivity index (χ2n) is 6.51. The first kappa shape index (κ1) is 19.3. The Morgan fingerprint density at radius 3 is 2.56 bits per heavy atom. The van der Waals surface area contributed by atoms with Gasteiger partial charge in [0.1, 0.15) is 0 Å². The van der Waals surface area contributed by atoms with Crippen molar-refractivity contribution in [3.05, 3.63) is 78.4 Å². The molecule has 2 heteroatoms. The van der Waals surface area contributed by atoms with E-state index in [1.165, 1.54) is 29.7 Å². The Balaban J connectivity index is 0.000000242. The van der Waals surface area contributed by atoms with Crippen molar-refractivity contribution in [2.24, 2.45) is 0 Å². The number of unbranched alkanes of at least 4 members (excludes halogenated alkanes) is 1. The number of nitrogens with zero attached hydrogens (tertiary/aromatic N) is 1. The third-order valence-electron chi connectivity index (χ3n) is 4.42. The van der Waals surface area contributed by atoms with Gasteiger partial charge < -0.3 is 9.64 Å². The standard InChI is InChI=1S/C16H17N.C7H14O/c1-13-11-15-9-5-6-10-16(15)17(13)12-14-7-3-2-4-8-14;1-3-5-7-8-6-4-2/h2-10,13H,11-12H2,1H3;4H,2-3,5-7H2,1H3. The molecule has 0 amide bonds. The highest BCUT2D eigenvalue weighted by Crippen LogP contribution is 2.32. The van der Waals surface area contributed by atoms with Crippen molar-refractivity contribution in [2.45, 2.75) is 45.7 Å². The molecule has 0 saturated heterocycles. The van der Waals surface area contributed by atoms with Crippen LogP contribution < -0.4 is 4.90 Å². The van der Waals surface area contributed by atoms with E-state index in [2.05, 4.69) is 79.9 Å². The Bertz CT molecular complexity index is 623. The quantitative estimate of drug-likeness (QED) is 0.480. The van der Waals surface area contributed by atoms with Crippen LogP contribution in [0.4, 0.5) is 5.69 Å². The molecule has 0 fully saturated rings. The molecule has 1 unspecified atom stereocenters. The minimum atomic E-state index is 0.604. The van der Waals surface area contributed by atoms with Gasteiger partial charge in [0.05, 0.1) is 6.61 Å². The molecular weight excluding hydrogens is 306 g/mol. The minimum Gasteiger partial charge on any atom is -0.377 e. The minimum absolute atomic E-state index is 0.604. The molecule has 0 spiro atoms. The summed E-state index contributed by atoms with van der Waals surface area (Å²) >= 11 is 0. The molecule has 0 radical (unpaired) electrons. The van der Waals surface area contributed by atoms with E-state index in [4.69, 9.17) is 4.74 Å². The number of rotatable bonds is 7. The van der Waals surface area contributed by atoms with E-state index in [0.717, 1.165) is 19.6 Å². The molecule has 3 rings (SSSR count). The highest BCUT2D eigenvalue weighted by molar-refractivity contribution is 5.59. The van der Waals surface area contributed by atoms with Crippen LogP contribution >= 0.6 is 0 Å². The highest BCUT2D eigenvalue weighted by Gasteiger charge is 2.24. The molecule has 2 aromatic carbocycles. The van der Waals surface area contributed by atoms with Crippen LogP contribution in [0.5, 0.6) is 0 Å². The number of hydrogen-bond donors (Lipinski definition) is 0. The first-order valence-corrected chi connectivity index (χ1v) is 9.33. The van der Waals surface area contributed by atoms with Crippen molar-refractivity contribution >= 4 is 5.69 Å². The summed E-state index contributed by atoms with van der Waals surface area (Å²) in [4.78, 5) is 2.50. The molecule has 2 nitrogen and oxygen atoms in total. The third kappa shape index (κ3) is 6.06. The van der Waals surface area contributed by atoms with Gasteiger partial charge in [0.15, 0.2) is 0 Å². The summed E-state index contributed by atoms with van der Waals surface area (Å²) in [6, 6.07) is 20.1. The van der Waals surface area contributed by atoms with Gasteiger partial charge in [-0.25, -0.2) is 0 Å². The molecule has 0 N–H and O–H groups in total. The van der Waals surface area contributed by atoms with Crippen molar-refractivity contribution < 1.29 is 4.74 Å². The van der Waals surface area contributed by atoms with Gasteiger partial charge in [-0.3, -0.25) is 0 Å². The Hall–Kier alpha value is -2.06. The molecule has 0 bridgehead atoms. The summed E-state index contributed by atoms with van der Waals surface area (Å²) in [5, 5.41) is 0. The lowest BCUT2D eigenvalue weighted by molar-refractivity contribution is 0.159. The average Bonchev–Trinajstić information content (AvgIpc) is 2.96. The fraction of sp³-hybridized carbons (Fsp3) is 0.391. The van der Waals surface area contributed by atoms with Crippen LogP contribution in [0.3, 0.4) is 0 Å². The summed E-state index contributed by atoms with van der Waals surface area (Å²) in [5.41, 5.74) is 4.27. The molecule has 134 valence electrons. The second-order valence-corrected chi connectivity index (χ2v) is 6.51. The Morgan fingerprint density at radius 1 is 1.12 bits per heavy atom. The van der Waals surface area contributed by atoms with Crippen LogP contribution in [0.2, 0.25) is 0 Å². The smallest absolute Gasteiger partial charge is 0.0644 e. The number of hydrogen-bond acceptors (Lipinski definition) is 2. The lowest BCUT2D eigenvalue weighted by Crippen LogP contribution is -2.28. The van der Waals surface area contributed by atoms with Gasteiger partial charge in [-0.05, 0) is 37.0 Å². The van der Waals surface area contributed by atoms with E-state index < -0.39 is 0 Å². The molecule has 1 aliphatic heterocycles. The maximum absolute atomic E-state index is 5.11. The second kappa shape index (κ2) is 10.7. The Kier molecular flexibility index (Phi) is 8.27. The van der Waals surface area contributed by atoms with Crippen LogP contribution in [-0.2, 0) is 17.7 Å². The molecule has 2 aromatic rings. The van der Waals surface area contributed by atoms with Crippen molar-refractivity contribution in [2.75, 3.05) is 18.1 Å². The lowest BCUT2D eigenvalue weighted by atomic mass is 10.1. The summed E-state index contributed by atoms with van der Waals surface area (Å²) < 4.78 is 5.11. The normalized spacial score (nSPS) is 15.3. The largest absolute Gasteiger partial charge is 0.377 e. The molecular formula is C23H31NO. The summed E-state index contributed by atoms with van der Waals surface area (Å²) in [5.74, 6) is 0. The molecule has 1 aliphatic rings. The van der Waals surface area contributed by atoms with E-state index in [0.29, 0.717) is 12.6 Å². The van der Waals surface area contributed by atoms with Crippen LogP contribution in [0.25, 0.3) is 0 Å². The van der Waals surface area contributed by atoms with E-state index in [1.807, 2.05) is 0 Å². The number of benzene rings is 2. The molecule has 0 saturated carbocycles. The van der Waals surface area contributed by atoms with Crippen molar-refractivity contribution in [3.8, 4) is 0 Å². The van der Waals surface area contributed by atoms with E-state index in [1.54, 1.807) is 6.08 Å². The van der Waals surface area contributed by atoms with Gasteiger partial charge >= 0.3 is 0 Å². The first-order chi connectivity index (χ1) is 12.3. The summed E-state index contributed by atoms with van der Waals surface area (Å²) in [6.07, 6.45) is 5.31. The van der Waals surface area contributed by atoms with Gasteiger partial charge in [0.25, 0.3) is 0 Å². The average molecular weight is 338 g/mol. The first-order valence-electron chi connectivity index (χ1n) is 9.33. The van der Waals surface area contributed by atoms with Crippen molar-refractivity contribution in [3.63, 3.8) is 0 Å². The predicted octanol–water partition coefficient (Wildman–Crippen LogP) is 5.63. The van der Waals surface area contributed by atoms with Gasteiger partial charge in [-0.1, -0.05) is 68.0 Å². The molecule has 1 atom stereocenters. The van der Waals surface area contributed by atoms with E-state index in [-0.39, 0.29) is 0 Å². The van der Waals surface area contributed by atoms with E-state index in [9.17, 15) is 0 Å². The molecule has 1 heterocycles. The third-order valence-corrected chi connectivity index (χ3v) is 4.42. The SMILES string of the molecule is C=CCOCCCC.CC1Cc2ccccc2N1Cc1ccccc1. The molecule has 0 aliphatic carbocycles. The van der Waals surface area contributed by atoms with Crippen molar-refractivity contribution in [1.82, 2.24) is 0 Å². The summed E-state index contributed by atoms with van der Waals surface area (Å²) in [6.45, 7) is 10.6. The van der Waals surface area contributed by atoms with Crippen LogP contribution in [-0.4, -0.2) is 19.3 Å². The number of anilines is 1. The van der Waals surface area contributed by atoms with Gasteiger partial charge in [0.2, 0.25) is 0 Å². The maximum atomic E-state index is 5.11. The zero-order chi connectivity index (χ0) is 17.9. The zero-order valence-corrected chi connectivity index (χ0v) is 15.7. The fourth-order valence-corrected chi connectivity index (χ4v) is 3.06. The van der Waals surface area contributed by atoms with E-state index >= 15 is 0 Å². The van der Waals surface area contributed by atoms with Crippen LogP contribution in [0.1, 0.15) is 37.8 Å². The monoisotopic (exact) mass is 337 g/mol. The van der Waals surface area contributed by atoms with Gasteiger partial charge in [-0.15, -0.1) is 6.58 Å². The van der Waals surface area contributed by atoms with Crippen molar-refractivity contribution in [1.29, 1.82) is 0 Å². The topological polar surface area (TPSA) is 12.5 Å². The number of para-hydroxylation sites is 1. The maximum Gasteiger partial charge on any atom is 0.0644 e. The highest BCUT2D eigenvalue weighted by atomic mass is 16.5. The number of ether oxygens (including phenoxy) is 1. The van der Waals surface area contributed by atoms with Gasteiger partial charge in [-0.2, -0.15) is 0 Å². The van der Waals surface area contributed by atoms with Crippen LogP contribution in [0, 0.1) is 0 Å². The zero-order valence-electron chi connectivity index (χ0n) is 15.7. The number of fused-ring (bicyclic) bond motifs is 1. The predicted molar refractivity (Wildman–Crippen MR) is 108 cm³/mol. The molecule has 25 heavy (non-hydrogen) atoms. The Labute approximate surface area is 153 Å². The Morgan fingerprint density at radius 2 is 1.84 bits per heavy atom. The van der Waals surface area contributed by atoms with Gasteiger partial charge in [0, 0.05) is 24.9 Å². The fourth-order valence-electron chi connectivity index (χ4n) is 3.06.